The number of carbonyl (C=O) groups is 2. The number of fused-ring (bicyclic) bond motifs is 1. The van der Waals surface area contributed by atoms with E-state index in [4.69, 9.17) is 4.74 Å². The Kier molecular flexibility index (Phi) is 5.17. The molecule has 0 radical (unpaired) electrons. The van der Waals surface area contributed by atoms with E-state index in [2.05, 4.69) is 0 Å². The molecule has 1 heterocycles. The molecule has 28 heavy (non-hydrogen) atoms. The summed E-state index contributed by atoms with van der Waals surface area (Å²) >= 11 is 1.75. The number of imide groups is 1. The molecule has 0 saturated carbocycles. The largest absolute Gasteiger partial charge is 0.497 e. The summed E-state index contributed by atoms with van der Waals surface area (Å²) in [6, 6.07) is 23.0. The number of hydrogen-bond acceptors (Lipinski definition) is 4. The first-order valence-electron chi connectivity index (χ1n) is 8.95. The summed E-state index contributed by atoms with van der Waals surface area (Å²) in [6.45, 7) is 0.290. The van der Waals surface area contributed by atoms with E-state index in [1.165, 1.54) is 15.4 Å². The maximum absolute atomic E-state index is 12.5. The van der Waals surface area contributed by atoms with Crippen LogP contribution in [-0.2, 0) is 12.3 Å². The Bertz CT molecular complexity index is 978. The summed E-state index contributed by atoms with van der Waals surface area (Å²) in [7, 11) is 1.66. The van der Waals surface area contributed by atoms with Crippen LogP contribution < -0.4 is 4.74 Å². The third-order valence-corrected chi connectivity index (χ3v) is 5.79. The third-order valence-electron chi connectivity index (χ3n) is 4.71. The van der Waals surface area contributed by atoms with E-state index in [0.717, 1.165) is 17.1 Å². The Morgan fingerprint density at radius 1 is 0.786 bits per heavy atom. The van der Waals surface area contributed by atoms with Gasteiger partial charge in [-0.1, -0.05) is 36.4 Å². The standard InChI is InChI=1S/C23H19NO3S/c1-27-18-10-12-19(13-11-18)28-15-17-8-6-16(7-9-17)14-24-22(25)20-4-2-3-5-21(20)23(24)26/h2-13H,14-15H2,1H3. The van der Waals surface area contributed by atoms with Crippen LogP contribution in [0.15, 0.2) is 77.7 Å². The molecule has 0 bridgehead atoms. The molecule has 0 unspecified atom stereocenters. The SMILES string of the molecule is COc1ccc(SCc2ccc(CN3C(=O)c4ccccc4C3=O)cc2)cc1. The number of rotatable bonds is 6. The molecule has 3 aromatic carbocycles. The van der Waals surface area contributed by atoms with Gasteiger partial charge in [-0.2, -0.15) is 0 Å². The molecule has 0 atom stereocenters. The summed E-state index contributed by atoms with van der Waals surface area (Å²) in [5, 5.41) is 0. The van der Waals surface area contributed by atoms with Crippen LogP contribution in [0.2, 0.25) is 0 Å². The topological polar surface area (TPSA) is 46.6 Å². The number of benzene rings is 3. The van der Waals surface area contributed by atoms with E-state index in [1.807, 2.05) is 48.5 Å². The molecule has 140 valence electrons. The van der Waals surface area contributed by atoms with Gasteiger partial charge in [-0.3, -0.25) is 14.5 Å². The molecule has 0 spiro atoms. The highest BCUT2D eigenvalue weighted by atomic mass is 32.2. The van der Waals surface area contributed by atoms with E-state index in [-0.39, 0.29) is 18.4 Å². The van der Waals surface area contributed by atoms with Gasteiger partial charge in [0.15, 0.2) is 0 Å². The Labute approximate surface area is 168 Å². The molecule has 0 fully saturated rings. The van der Waals surface area contributed by atoms with Crippen molar-refractivity contribution in [2.45, 2.75) is 17.2 Å². The number of thioether (sulfide) groups is 1. The molecular weight excluding hydrogens is 370 g/mol. The number of ether oxygens (including phenoxy) is 1. The molecule has 2 amide bonds. The maximum atomic E-state index is 12.5. The average molecular weight is 389 g/mol. The molecule has 4 rings (SSSR count). The third kappa shape index (κ3) is 3.66. The van der Waals surface area contributed by atoms with Gasteiger partial charge < -0.3 is 4.74 Å². The molecule has 0 aliphatic carbocycles. The zero-order valence-corrected chi connectivity index (χ0v) is 16.2. The zero-order valence-electron chi connectivity index (χ0n) is 15.4. The van der Waals surface area contributed by atoms with Crippen molar-refractivity contribution in [3.8, 4) is 5.75 Å². The number of methoxy groups -OCH3 is 1. The minimum atomic E-state index is -0.222. The van der Waals surface area contributed by atoms with E-state index >= 15 is 0 Å². The fraction of sp³-hybridized carbons (Fsp3) is 0.130. The highest BCUT2D eigenvalue weighted by molar-refractivity contribution is 7.98. The lowest BCUT2D eigenvalue weighted by Gasteiger charge is -2.14. The lowest BCUT2D eigenvalue weighted by Crippen LogP contribution is -2.29. The van der Waals surface area contributed by atoms with Crippen molar-refractivity contribution in [3.63, 3.8) is 0 Å². The van der Waals surface area contributed by atoms with Crippen molar-refractivity contribution < 1.29 is 14.3 Å². The normalized spacial score (nSPS) is 13.0. The smallest absolute Gasteiger partial charge is 0.261 e. The van der Waals surface area contributed by atoms with Crippen molar-refractivity contribution in [2.75, 3.05) is 7.11 Å². The van der Waals surface area contributed by atoms with Gasteiger partial charge >= 0.3 is 0 Å². The Morgan fingerprint density at radius 3 is 1.93 bits per heavy atom. The zero-order chi connectivity index (χ0) is 19.5. The fourth-order valence-electron chi connectivity index (χ4n) is 3.14. The first-order chi connectivity index (χ1) is 13.7. The van der Waals surface area contributed by atoms with Crippen molar-refractivity contribution in [1.82, 2.24) is 4.90 Å². The number of hydrogen-bond donors (Lipinski definition) is 0. The van der Waals surface area contributed by atoms with Crippen LogP contribution in [0.25, 0.3) is 0 Å². The van der Waals surface area contributed by atoms with Gasteiger partial charge in [-0.05, 0) is 47.5 Å². The minimum Gasteiger partial charge on any atom is -0.497 e. The second kappa shape index (κ2) is 7.90. The van der Waals surface area contributed by atoms with Crippen LogP contribution in [0, 0.1) is 0 Å². The molecule has 3 aromatic rings. The molecule has 4 nitrogen and oxygen atoms in total. The summed E-state index contributed by atoms with van der Waals surface area (Å²) in [5.74, 6) is 1.25. The molecule has 0 saturated heterocycles. The lowest BCUT2D eigenvalue weighted by atomic mass is 10.1. The van der Waals surface area contributed by atoms with Gasteiger partial charge in [-0.25, -0.2) is 0 Å². The van der Waals surface area contributed by atoms with Gasteiger partial charge in [0.05, 0.1) is 24.8 Å². The van der Waals surface area contributed by atoms with Crippen molar-refractivity contribution in [3.05, 3.63) is 95.1 Å². The van der Waals surface area contributed by atoms with Gasteiger partial charge in [0.25, 0.3) is 11.8 Å². The maximum Gasteiger partial charge on any atom is 0.261 e. The van der Waals surface area contributed by atoms with Gasteiger partial charge in [0.2, 0.25) is 0 Å². The van der Waals surface area contributed by atoms with Crippen molar-refractivity contribution >= 4 is 23.6 Å². The highest BCUT2D eigenvalue weighted by Crippen LogP contribution is 2.26. The van der Waals surface area contributed by atoms with Crippen molar-refractivity contribution in [1.29, 1.82) is 0 Å². The van der Waals surface area contributed by atoms with Gasteiger partial charge in [0.1, 0.15) is 5.75 Å². The van der Waals surface area contributed by atoms with Crippen LogP contribution in [0.4, 0.5) is 0 Å². The summed E-state index contributed by atoms with van der Waals surface area (Å²) < 4.78 is 5.17. The van der Waals surface area contributed by atoms with E-state index in [9.17, 15) is 9.59 Å². The van der Waals surface area contributed by atoms with Crippen LogP contribution in [0.5, 0.6) is 5.75 Å². The van der Waals surface area contributed by atoms with Gasteiger partial charge in [0, 0.05) is 10.6 Å². The van der Waals surface area contributed by atoms with E-state index in [1.54, 1.807) is 43.1 Å². The molecule has 1 aliphatic rings. The molecule has 1 aliphatic heterocycles. The van der Waals surface area contributed by atoms with E-state index in [0.29, 0.717) is 11.1 Å². The monoisotopic (exact) mass is 389 g/mol. The lowest BCUT2D eigenvalue weighted by molar-refractivity contribution is 0.0642. The van der Waals surface area contributed by atoms with Crippen LogP contribution >= 0.6 is 11.8 Å². The van der Waals surface area contributed by atoms with Crippen LogP contribution in [0.3, 0.4) is 0 Å². The fourth-order valence-corrected chi connectivity index (χ4v) is 4.00. The number of amides is 2. The van der Waals surface area contributed by atoms with Crippen molar-refractivity contribution in [2.24, 2.45) is 0 Å². The molecule has 0 N–H and O–H groups in total. The summed E-state index contributed by atoms with van der Waals surface area (Å²) in [5.41, 5.74) is 3.10. The first kappa shape index (κ1) is 18.3. The molecule has 5 heteroatoms. The average Bonchev–Trinajstić information content (AvgIpc) is 2.99. The molecule has 0 aromatic heterocycles. The number of carbonyl (C=O) groups excluding carboxylic acids is 2. The highest BCUT2D eigenvalue weighted by Gasteiger charge is 2.34. The van der Waals surface area contributed by atoms with Crippen LogP contribution in [0.1, 0.15) is 31.8 Å². The quantitative estimate of drug-likeness (QED) is 0.449. The first-order valence-corrected chi connectivity index (χ1v) is 9.94. The summed E-state index contributed by atoms with van der Waals surface area (Å²) in [6.07, 6.45) is 0. The second-order valence-electron chi connectivity index (χ2n) is 6.52. The Morgan fingerprint density at radius 2 is 1.36 bits per heavy atom. The predicted octanol–water partition coefficient (Wildman–Crippen LogP) is 4.78. The summed E-state index contributed by atoms with van der Waals surface area (Å²) in [4.78, 5) is 27.4. The molecular formula is C23H19NO3S. The van der Waals surface area contributed by atoms with Crippen LogP contribution in [-0.4, -0.2) is 23.8 Å². The number of nitrogens with zero attached hydrogens (tertiary/aromatic N) is 1. The predicted molar refractivity (Wildman–Crippen MR) is 110 cm³/mol. The Hall–Kier alpha value is -3.05. The van der Waals surface area contributed by atoms with E-state index < -0.39 is 0 Å². The second-order valence-corrected chi connectivity index (χ2v) is 7.57. The van der Waals surface area contributed by atoms with Gasteiger partial charge in [-0.15, -0.1) is 11.8 Å². The Balaban J connectivity index is 1.38. The minimum absolute atomic E-state index is 0.222.